The summed E-state index contributed by atoms with van der Waals surface area (Å²) in [5.41, 5.74) is 5.46. The van der Waals surface area contributed by atoms with Gasteiger partial charge in [-0.1, -0.05) is 58.3 Å². The number of nitrogens with two attached hydrogens (primary N) is 1. The predicted molar refractivity (Wildman–Crippen MR) is 69.8 cm³/mol. The maximum absolute atomic E-state index is 10.2. The molecule has 5 heteroatoms. The van der Waals surface area contributed by atoms with Crippen LogP contribution in [0.1, 0.15) is 71.1 Å². The van der Waals surface area contributed by atoms with Crippen molar-refractivity contribution in [2.75, 3.05) is 0 Å². The molecule has 2 N–H and O–H groups in total. The molecule has 0 aromatic rings. The molecule has 0 aromatic carbocycles. The number of unbranched alkanes of at least 4 members (excludes halogenated alkanes) is 8. The quantitative estimate of drug-likeness (QED) is 0.334. The van der Waals surface area contributed by atoms with Crippen molar-refractivity contribution < 1.29 is 12.9 Å². The van der Waals surface area contributed by atoms with Gasteiger partial charge in [0.25, 0.3) is 0 Å². The van der Waals surface area contributed by atoms with Gasteiger partial charge < -0.3 is 10.3 Å². The van der Waals surface area contributed by atoms with Gasteiger partial charge in [-0.3, -0.25) is 4.18 Å². The van der Waals surface area contributed by atoms with Gasteiger partial charge in [-0.2, -0.15) is 0 Å². The molecule has 0 heterocycles. The summed E-state index contributed by atoms with van der Waals surface area (Å²) in [5, 5.41) is 0. The van der Waals surface area contributed by atoms with Crippen LogP contribution < -0.4 is 5.73 Å². The Morgan fingerprint density at radius 1 is 1.06 bits per heavy atom. The van der Waals surface area contributed by atoms with Gasteiger partial charge in [0.2, 0.25) is 0 Å². The highest BCUT2D eigenvalue weighted by atomic mass is 32.2. The molecule has 0 spiro atoms. The van der Waals surface area contributed by atoms with Crippen molar-refractivity contribution in [2.45, 2.75) is 77.4 Å². The van der Waals surface area contributed by atoms with Crippen LogP contribution in [-0.2, 0) is 15.5 Å². The predicted octanol–water partition coefficient (Wildman–Crippen LogP) is 3.00. The van der Waals surface area contributed by atoms with E-state index < -0.39 is 17.6 Å². The van der Waals surface area contributed by atoms with Gasteiger partial charge in [0.05, 0.1) is 11.4 Å². The van der Waals surface area contributed by atoms with Crippen molar-refractivity contribution >= 4 is 11.4 Å². The van der Waals surface area contributed by atoms with Gasteiger partial charge >= 0.3 is 0 Å². The first-order chi connectivity index (χ1) is 8.16. The van der Waals surface area contributed by atoms with Crippen LogP contribution in [0.15, 0.2) is 0 Å². The summed E-state index contributed by atoms with van der Waals surface area (Å²) in [6.45, 7) is 2.22. The fourth-order valence-electron chi connectivity index (χ4n) is 1.81. The summed E-state index contributed by atoms with van der Waals surface area (Å²) in [4.78, 5) is 0. The van der Waals surface area contributed by atoms with Crippen LogP contribution in [0.4, 0.5) is 0 Å². The maximum atomic E-state index is 10.2. The summed E-state index contributed by atoms with van der Waals surface area (Å²) in [5.74, 6) is 0. The summed E-state index contributed by atoms with van der Waals surface area (Å²) in [7, 11) is 0. The minimum atomic E-state index is -2.48. The molecule has 0 aliphatic carbocycles. The molecule has 0 saturated heterocycles. The van der Waals surface area contributed by atoms with Crippen molar-refractivity contribution in [1.29, 1.82) is 0 Å². The SMILES string of the molecule is CCCCCCCCCCCC(N)OS(=O)[O-]. The third kappa shape index (κ3) is 14.0. The zero-order valence-corrected chi connectivity index (χ0v) is 11.7. The van der Waals surface area contributed by atoms with E-state index in [1.165, 1.54) is 44.9 Å². The molecule has 0 bridgehead atoms. The summed E-state index contributed by atoms with van der Waals surface area (Å²) >= 11 is -2.48. The zero-order chi connectivity index (χ0) is 12.9. The summed E-state index contributed by atoms with van der Waals surface area (Å²) in [6, 6.07) is 0. The lowest BCUT2D eigenvalue weighted by atomic mass is 10.1. The molecule has 2 atom stereocenters. The molecule has 0 fully saturated rings. The van der Waals surface area contributed by atoms with Crippen LogP contribution in [0.3, 0.4) is 0 Å². The Balaban J connectivity index is 3.10. The Kier molecular flexibility index (Phi) is 12.5. The first-order valence-corrected chi connectivity index (χ1v) is 7.68. The van der Waals surface area contributed by atoms with E-state index in [0.717, 1.165) is 12.8 Å². The van der Waals surface area contributed by atoms with Crippen LogP contribution in [0.5, 0.6) is 0 Å². The molecular formula is C12H26NO3S-. The van der Waals surface area contributed by atoms with E-state index in [4.69, 9.17) is 5.73 Å². The third-order valence-corrected chi connectivity index (χ3v) is 3.20. The minimum absolute atomic E-state index is 0.615. The normalized spacial score (nSPS) is 14.8. The lowest BCUT2D eigenvalue weighted by Crippen LogP contribution is -2.24. The highest BCUT2D eigenvalue weighted by Crippen LogP contribution is 2.11. The molecule has 0 radical (unpaired) electrons. The Hall–Kier alpha value is 0.0300. The van der Waals surface area contributed by atoms with Gasteiger partial charge in [0.15, 0.2) is 0 Å². The Morgan fingerprint density at radius 3 is 2.00 bits per heavy atom. The van der Waals surface area contributed by atoms with Crippen molar-refractivity contribution in [1.82, 2.24) is 0 Å². The van der Waals surface area contributed by atoms with Crippen LogP contribution in [0.2, 0.25) is 0 Å². The van der Waals surface area contributed by atoms with Gasteiger partial charge in [0, 0.05) is 0 Å². The van der Waals surface area contributed by atoms with Crippen molar-refractivity contribution in [3.05, 3.63) is 0 Å². The second-order valence-electron chi connectivity index (χ2n) is 4.46. The molecule has 104 valence electrons. The number of rotatable bonds is 12. The van der Waals surface area contributed by atoms with Gasteiger partial charge in [-0.25, -0.2) is 4.21 Å². The smallest absolute Gasteiger partial charge is 0.121 e. The van der Waals surface area contributed by atoms with Crippen LogP contribution in [0, 0.1) is 0 Å². The minimum Gasteiger partial charge on any atom is -0.750 e. The summed E-state index contributed by atoms with van der Waals surface area (Å²) in [6.07, 6.45) is 11.1. The fraction of sp³-hybridized carbons (Fsp3) is 1.00. The van der Waals surface area contributed by atoms with Crippen LogP contribution in [-0.4, -0.2) is 15.0 Å². The van der Waals surface area contributed by atoms with E-state index in [0.29, 0.717) is 6.42 Å². The Bertz CT molecular complexity index is 191. The fourth-order valence-corrected chi connectivity index (χ4v) is 2.10. The summed E-state index contributed by atoms with van der Waals surface area (Å²) < 4.78 is 24.8. The second-order valence-corrected chi connectivity index (χ2v) is 5.06. The van der Waals surface area contributed by atoms with E-state index in [2.05, 4.69) is 11.1 Å². The Labute approximate surface area is 108 Å². The molecule has 0 aromatic heterocycles. The maximum Gasteiger partial charge on any atom is 0.121 e. The topological polar surface area (TPSA) is 75.4 Å². The second kappa shape index (κ2) is 12.5. The monoisotopic (exact) mass is 264 g/mol. The standard InChI is InChI=1S/C12H27NO3S/c1-2-3-4-5-6-7-8-9-10-11-12(13)16-17(14)15/h12H,2-11,13H2,1H3,(H,14,15)/p-1. The molecule has 0 aliphatic heterocycles. The first kappa shape index (κ1) is 17.0. The lowest BCUT2D eigenvalue weighted by molar-refractivity contribution is 0.194. The molecular weight excluding hydrogens is 238 g/mol. The van der Waals surface area contributed by atoms with Gasteiger partial charge in [-0.15, -0.1) is 0 Å². The first-order valence-electron chi connectivity index (χ1n) is 6.68. The highest BCUT2D eigenvalue weighted by Gasteiger charge is 2.02. The van der Waals surface area contributed by atoms with Crippen LogP contribution >= 0.6 is 0 Å². The molecule has 0 aliphatic rings. The molecule has 0 saturated carbocycles. The van der Waals surface area contributed by atoms with E-state index in [-0.39, 0.29) is 0 Å². The van der Waals surface area contributed by atoms with Crippen molar-refractivity contribution in [3.63, 3.8) is 0 Å². The van der Waals surface area contributed by atoms with Crippen molar-refractivity contribution in [2.24, 2.45) is 5.73 Å². The van der Waals surface area contributed by atoms with Crippen molar-refractivity contribution in [3.8, 4) is 0 Å². The van der Waals surface area contributed by atoms with Gasteiger partial charge in [0.1, 0.15) is 6.23 Å². The highest BCUT2D eigenvalue weighted by molar-refractivity contribution is 7.74. The molecule has 17 heavy (non-hydrogen) atoms. The van der Waals surface area contributed by atoms with E-state index >= 15 is 0 Å². The van der Waals surface area contributed by atoms with Crippen LogP contribution in [0.25, 0.3) is 0 Å². The average molecular weight is 264 g/mol. The lowest BCUT2D eigenvalue weighted by Gasteiger charge is -2.13. The average Bonchev–Trinajstić information content (AvgIpc) is 2.26. The zero-order valence-electron chi connectivity index (χ0n) is 10.9. The van der Waals surface area contributed by atoms with E-state index in [1.807, 2.05) is 0 Å². The van der Waals surface area contributed by atoms with Gasteiger partial charge in [-0.05, 0) is 12.8 Å². The number of hydrogen-bond acceptors (Lipinski definition) is 4. The Morgan fingerprint density at radius 2 is 1.53 bits per heavy atom. The molecule has 2 unspecified atom stereocenters. The van der Waals surface area contributed by atoms with E-state index in [1.54, 1.807) is 0 Å². The molecule has 0 rings (SSSR count). The number of hydrogen-bond donors (Lipinski definition) is 1. The molecule has 0 amide bonds. The third-order valence-electron chi connectivity index (χ3n) is 2.79. The largest absolute Gasteiger partial charge is 0.750 e. The molecule has 4 nitrogen and oxygen atoms in total. The van der Waals surface area contributed by atoms with E-state index in [9.17, 15) is 8.76 Å².